The molecule has 1 N–H and O–H groups in total. The van der Waals surface area contributed by atoms with Gasteiger partial charge in [-0.15, -0.1) is 0 Å². The Morgan fingerprint density at radius 3 is 2.84 bits per heavy atom. The van der Waals surface area contributed by atoms with E-state index in [4.69, 9.17) is 0 Å². The quantitative estimate of drug-likeness (QED) is 0.915. The van der Waals surface area contributed by atoms with Crippen LogP contribution in [-0.2, 0) is 6.54 Å². The fourth-order valence-electron chi connectivity index (χ4n) is 2.02. The van der Waals surface area contributed by atoms with Gasteiger partial charge < -0.3 is 5.32 Å². The zero-order valence-electron chi connectivity index (χ0n) is 10.9. The van der Waals surface area contributed by atoms with E-state index in [-0.39, 0.29) is 5.82 Å². The summed E-state index contributed by atoms with van der Waals surface area (Å²) in [4.78, 5) is 8.89. The lowest BCUT2D eigenvalue weighted by Crippen LogP contribution is -2.16. The average molecular weight is 257 g/mol. The second kappa shape index (κ2) is 5.05. The molecule has 0 saturated heterocycles. The van der Waals surface area contributed by atoms with Crippen LogP contribution in [-0.4, -0.2) is 16.0 Å². The molecule has 0 bridgehead atoms. The lowest BCUT2D eigenvalue weighted by atomic mass is 10.2. The summed E-state index contributed by atoms with van der Waals surface area (Å²) in [5, 5.41) is 3.43. The fourth-order valence-corrected chi connectivity index (χ4v) is 2.02. The molecule has 19 heavy (non-hydrogen) atoms. The molecule has 0 radical (unpaired) electrons. The minimum absolute atomic E-state index is 0.264. The third-order valence-electron chi connectivity index (χ3n) is 3.14. The van der Waals surface area contributed by atoms with E-state index in [0.29, 0.717) is 11.9 Å². The summed E-state index contributed by atoms with van der Waals surface area (Å²) in [5.41, 5.74) is 2.58. The van der Waals surface area contributed by atoms with E-state index in [1.54, 1.807) is 6.07 Å². The molecule has 1 aromatic carbocycles. The van der Waals surface area contributed by atoms with Gasteiger partial charge in [-0.3, -0.25) is 0 Å². The van der Waals surface area contributed by atoms with Crippen molar-refractivity contribution in [3.05, 3.63) is 47.5 Å². The van der Waals surface area contributed by atoms with Gasteiger partial charge in [0, 0.05) is 23.8 Å². The van der Waals surface area contributed by atoms with Crippen molar-refractivity contribution in [2.45, 2.75) is 32.4 Å². The first-order chi connectivity index (χ1) is 9.20. The Bertz CT molecular complexity index is 594. The minimum Gasteiger partial charge on any atom is -0.308 e. The second-order valence-electron chi connectivity index (χ2n) is 4.99. The van der Waals surface area contributed by atoms with Crippen molar-refractivity contribution in [2.75, 3.05) is 0 Å². The third kappa shape index (κ3) is 3.15. The van der Waals surface area contributed by atoms with Crippen molar-refractivity contribution in [3.63, 3.8) is 0 Å². The molecule has 3 rings (SSSR count). The molecule has 1 aliphatic carbocycles. The Kier molecular flexibility index (Phi) is 3.25. The van der Waals surface area contributed by atoms with Gasteiger partial charge >= 0.3 is 0 Å². The number of hydrogen-bond acceptors (Lipinski definition) is 3. The molecule has 1 aromatic heterocycles. The zero-order valence-corrected chi connectivity index (χ0v) is 10.9. The monoisotopic (exact) mass is 257 g/mol. The lowest BCUT2D eigenvalue weighted by molar-refractivity contribution is 0.628. The Morgan fingerprint density at radius 2 is 2.11 bits per heavy atom. The molecular formula is C15H16FN3. The molecule has 98 valence electrons. The molecule has 0 amide bonds. The fraction of sp³-hybridized carbons (Fsp3) is 0.333. The topological polar surface area (TPSA) is 37.8 Å². The van der Waals surface area contributed by atoms with E-state index in [9.17, 15) is 4.39 Å². The molecule has 0 aliphatic heterocycles. The first-order valence-electron chi connectivity index (χ1n) is 6.54. The van der Waals surface area contributed by atoms with Crippen LogP contribution in [0, 0.1) is 12.7 Å². The molecule has 1 saturated carbocycles. The van der Waals surface area contributed by atoms with E-state index in [1.165, 1.54) is 25.0 Å². The minimum atomic E-state index is -0.264. The van der Waals surface area contributed by atoms with Gasteiger partial charge in [-0.05, 0) is 38.0 Å². The summed E-state index contributed by atoms with van der Waals surface area (Å²) in [6.07, 6.45) is 2.50. The maximum atomic E-state index is 13.2. The van der Waals surface area contributed by atoms with Gasteiger partial charge in [-0.2, -0.15) is 0 Å². The van der Waals surface area contributed by atoms with Crippen LogP contribution in [0.2, 0.25) is 0 Å². The van der Waals surface area contributed by atoms with Crippen molar-refractivity contribution in [3.8, 4) is 11.4 Å². The summed E-state index contributed by atoms with van der Waals surface area (Å²) in [5.74, 6) is 0.326. The van der Waals surface area contributed by atoms with Crippen LogP contribution >= 0.6 is 0 Å². The van der Waals surface area contributed by atoms with Crippen LogP contribution in [0.1, 0.15) is 24.2 Å². The number of nitrogens with one attached hydrogen (secondary N) is 1. The number of aryl methyl sites for hydroxylation is 1. The van der Waals surface area contributed by atoms with Crippen LogP contribution in [0.3, 0.4) is 0 Å². The van der Waals surface area contributed by atoms with Crippen molar-refractivity contribution in [1.82, 2.24) is 15.3 Å². The molecule has 3 nitrogen and oxygen atoms in total. The van der Waals surface area contributed by atoms with E-state index < -0.39 is 0 Å². The Labute approximate surface area is 111 Å². The van der Waals surface area contributed by atoms with Gasteiger partial charge in [0.15, 0.2) is 5.82 Å². The van der Waals surface area contributed by atoms with Crippen molar-refractivity contribution in [1.29, 1.82) is 0 Å². The third-order valence-corrected chi connectivity index (χ3v) is 3.14. The number of hydrogen-bond donors (Lipinski definition) is 1. The standard InChI is InChI=1S/C15H16FN3/c1-10-7-14(9-17-13-5-6-13)19-15(18-10)11-3-2-4-12(16)8-11/h2-4,7-8,13,17H,5-6,9H2,1H3. The van der Waals surface area contributed by atoms with Crippen molar-refractivity contribution < 1.29 is 4.39 Å². The highest BCUT2D eigenvalue weighted by molar-refractivity contribution is 5.55. The maximum Gasteiger partial charge on any atom is 0.159 e. The van der Waals surface area contributed by atoms with Crippen LogP contribution in [0.25, 0.3) is 11.4 Å². The predicted octanol–water partition coefficient (Wildman–Crippen LogP) is 2.84. The van der Waals surface area contributed by atoms with E-state index in [0.717, 1.165) is 23.5 Å². The van der Waals surface area contributed by atoms with Gasteiger partial charge in [-0.25, -0.2) is 14.4 Å². The van der Waals surface area contributed by atoms with Crippen LogP contribution in [0.15, 0.2) is 30.3 Å². The molecule has 0 atom stereocenters. The van der Waals surface area contributed by atoms with E-state index in [2.05, 4.69) is 15.3 Å². The van der Waals surface area contributed by atoms with Gasteiger partial charge in [0.2, 0.25) is 0 Å². The summed E-state index contributed by atoms with van der Waals surface area (Å²) in [6, 6.07) is 9.02. The molecule has 1 aliphatic rings. The van der Waals surface area contributed by atoms with E-state index in [1.807, 2.05) is 19.1 Å². The lowest BCUT2D eigenvalue weighted by Gasteiger charge is -2.07. The smallest absolute Gasteiger partial charge is 0.159 e. The highest BCUT2D eigenvalue weighted by Crippen LogP contribution is 2.20. The number of benzene rings is 1. The van der Waals surface area contributed by atoms with Crippen molar-refractivity contribution >= 4 is 0 Å². The number of rotatable bonds is 4. The second-order valence-corrected chi connectivity index (χ2v) is 4.99. The average Bonchev–Trinajstić information content (AvgIpc) is 3.20. The zero-order chi connectivity index (χ0) is 13.2. The van der Waals surface area contributed by atoms with Gasteiger partial charge in [0.1, 0.15) is 5.82 Å². The summed E-state index contributed by atoms with van der Waals surface area (Å²) in [6.45, 7) is 2.68. The van der Waals surface area contributed by atoms with Crippen molar-refractivity contribution in [2.24, 2.45) is 0 Å². The molecule has 0 unspecified atom stereocenters. The molecule has 4 heteroatoms. The molecule has 0 spiro atoms. The Morgan fingerprint density at radius 1 is 1.26 bits per heavy atom. The number of halogens is 1. The SMILES string of the molecule is Cc1cc(CNC2CC2)nc(-c2cccc(F)c2)n1. The number of nitrogens with zero attached hydrogens (tertiary/aromatic N) is 2. The Balaban J connectivity index is 1.87. The van der Waals surface area contributed by atoms with Crippen LogP contribution in [0.4, 0.5) is 4.39 Å². The van der Waals surface area contributed by atoms with Crippen LogP contribution in [0.5, 0.6) is 0 Å². The normalized spacial score (nSPS) is 14.6. The molecule has 2 aromatic rings. The largest absolute Gasteiger partial charge is 0.308 e. The highest BCUT2D eigenvalue weighted by atomic mass is 19.1. The molecule has 1 heterocycles. The predicted molar refractivity (Wildman–Crippen MR) is 72.0 cm³/mol. The van der Waals surface area contributed by atoms with E-state index >= 15 is 0 Å². The van der Waals surface area contributed by atoms with Crippen LogP contribution < -0.4 is 5.32 Å². The highest BCUT2D eigenvalue weighted by Gasteiger charge is 2.20. The Hall–Kier alpha value is -1.81. The van der Waals surface area contributed by atoms with Gasteiger partial charge in [0.05, 0.1) is 5.69 Å². The molecule has 1 fully saturated rings. The van der Waals surface area contributed by atoms with Gasteiger partial charge in [0.25, 0.3) is 0 Å². The maximum absolute atomic E-state index is 13.2. The first kappa shape index (κ1) is 12.2. The number of aromatic nitrogens is 2. The summed E-state index contributed by atoms with van der Waals surface area (Å²) in [7, 11) is 0. The summed E-state index contributed by atoms with van der Waals surface area (Å²) >= 11 is 0. The summed E-state index contributed by atoms with van der Waals surface area (Å²) < 4.78 is 13.2. The van der Waals surface area contributed by atoms with Gasteiger partial charge in [-0.1, -0.05) is 12.1 Å². The first-order valence-corrected chi connectivity index (χ1v) is 6.54. The molecular weight excluding hydrogens is 241 g/mol.